The summed E-state index contributed by atoms with van der Waals surface area (Å²) in [6.45, 7) is 0.403. The van der Waals surface area contributed by atoms with Crippen molar-refractivity contribution >= 4 is 16.7 Å². The number of H-pyrrole nitrogens is 1. The highest BCUT2D eigenvalue weighted by Crippen LogP contribution is 2.21. The summed E-state index contributed by atoms with van der Waals surface area (Å²) in [5.41, 5.74) is 3.20. The number of carbonyl (C=O) groups excluding carboxylic acids is 1. The molecule has 2 aromatic heterocycles. The van der Waals surface area contributed by atoms with Crippen LogP contribution >= 0.6 is 0 Å². The van der Waals surface area contributed by atoms with E-state index in [2.05, 4.69) is 9.97 Å². The third-order valence-electron chi connectivity index (χ3n) is 4.04. The Bertz CT molecular complexity index is 1020. The van der Waals surface area contributed by atoms with Crippen molar-refractivity contribution in [1.29, 1.82) is 0 Å². The van der Waals surface area contributed by atoms with Crippen LogP contribution in [0.25, 0.3) is 10.9 Å². The Balaban J connectivity index is 1.50. The monoisotopic (exact) mass is 328 g/mol. The van der Waals surface area contributed by atoms with Crippen LogP contribution in [0.5, 0.6) is 5.75 Å². The average molecular weight is 328 g/mol. The van der Waals surface area contributed by atoms with E-state index >= 15 is 0 Å². The highest BCUT2D eigenvalue weighted by Gasteiger charge is 2.09. The molecule has 2 heterocycles. The van der Waals surface area contributed by atoms with Crippen molar-refractivity contribution in [2.75, 3.05) is 0 Å². The number of hydrogen-bond donors (Lipinski definition) is 1. The van der Waals surface area contributed by atoms with Gasteiger partial charge in [0.15, 0.2) is 5.78 Å². The number of aromatic nitrogens is 2. The van der Waals surface area contributed by atoms with Crippen molar-refractivity contribution in [3.63, 3.8) is 0 Å². The molecule has 4 aromatic rings. The van der Waals surface area contributed by atoms with Gasteiger partial charge in [-0.3, -0.25) is 9.78 Å². The Hall–Kier alpha value is -3.40. The fraction of sp³-hybridized carbons (Fsp3) is 0.0476. The molecular formula is C21H16N2O2. The number of pyridine rings is 1. The van der Waals surface area contributed by atoms with E-state index in [1.807, 2.05) is 54.7 Å². The lowest BCUT2D eigenvalue weighted by atomic mass is 10.0. The summed E-state index contributed by atoms with van der Waals surface area (Å²) >= 11 is 0. The van der Waals surface area contributed by atoms with Gasteiger partial charge in [-0.15, -0.1) is 0 Å². The molecule has 0 fully saturated rings. The zero-order valence-electron chi connectivity index (χ0n) is 13.5. The molecule has 0 unspecified atom stereocenters. The molecule has 4 rings (SSSR count). The molecule has 122 valence electrons. The molecule has 0 amide bonds. The van der Waals surface area contributed by atoms with Crippen LogP contribution in [0.2, 0.25) is 0 Å². The summed E-state index contributed by atoms with van der Waals surface area (Å²) in [5, 5.41) is 1.15. The first-order chi connectivity index (χ1) is 12.3. The first kappa shape index (κ1) is 15.1. The Morgan fingerprint density at radius 2 is 1.92 bits per heavy atom. The molecule has 0 saturated heterocycles. The molecule has 4 nitrogen and oxygen atoms in total. The minimum absolute atomic E-state index is 0.0391. The maximum Gasteiger partial charge on any atom is 0.194 e. The van der Waals surface area contributed by atoms with Crippen LogP contribution in [-0.4, -0.2) is 15.8 Å². The highest BCUT2D eigenvalue weighted by atomic mass is 16.5. The van der Waals surface area contributed by atoms with Crippen LogP contribution in [-0.2, 0) is 6.61 Å². The first-order valence-electron chi connectivity index (χ1n) is 8.03. The fourth-order valence-corrected chi connectivity index (χ4v) is 2.75. The Labute approximate surface area is 145 Å². The van der Waals surface area contributed by atoms with Gasteiger partial charge in [0.05, 0.1) is 0 Å². The minimum Gasteiger partial charge on any atom is -0.489 e. The summed E-state index contributed by atoms with van der Waals surface area (Å²) in [6.07, 6.45) is 5.14. The molecule has 0 aliphatic rings. The van der Waals surface area contributed by atoms with E-state index in [-0.39, 0.29) is 5.78 Å². The normalized spacial score (nSPS) is 10.7. The Morgan fingerprint density at radius 1 is 1.00 bits per heavy atom. The van der Waals surface area contributed by atoms with Crippen molar-refractivity contribution in [1.82, 2.24) is 9.97 Å². The van der Waals surface area contributed by atoms with Crippen LogP contribution in [0.15, 0.2) is 79.3 Å². The van der Waals surface area contributed by atoms with Gasteiger partial charge in [-0.25, -0.2) is 0 Å². The van der Waals surface area contributed by atoms with Crippen molar-refractivity contribution in [2.45, 2.75) is 6.61 Å². The van der Waals surface area contributed by atoms with Gasteiger partial charge in [-0.05, 0) is 47.3 Å². The number of benzene rings is 2. The van der Waals surface area contributed by atoms with Gasteiger partial charge in [0.25, 0.3) is 0 Å². The van der Waals surface area contributed by atoms with Crippen molar-refractivity contribution < 1.29 is 9.53 Å². The molecule has 0 aliphatic heterocycles. The quantitative estimate of drug-likeness (QED) is 0.553. The van der Waals surface area contributed by atoms with Gasteiger partial charge in [0.1, 0.15) is 12.4 Å². The van der Waals surface area contributed by atoms with E-state index in [4.69, 9.17) is 4.74 Å². The van der Waals surface area contributed by atoms with E-state index in [0.29, 0.717) is 17.7 Å². The standard InChI is InChI=1S/C21H16N2O2/c24-21(18-5-2-9-22-13-18)17-4-1-3-15(11-17)14-25-19-7-6-16-8-10-23-20(16)12-19/h1-13,23H,14H2. The van der Waals surface area contributed by atoms with E-state index in [1.54, 1.807) is 24.5 Å². The third-order valence-corrected chi connectivity index (χ3v) is 4.04. The molecule has 0 spiro atoms. The summed E-state index contributed by atoms with van der Waals surface area (Å²) < 4.78 is 5.87. The van der Waals surface area contributed by atoms with Crippen molar-refractivity contribution in [3.8, 4) is 5.75 Å². The lowest BCUT2D eigenvalue weighted by molar-refractivity contribution is 0.103. The third kappa shape index (κ3) is 3.28. The van der Waals surface area contributed by atoms with E-state index in [9.17, 15) is 4.79 Å². The maximum absolute atomic E-state index is 12.5. The number of rotatable bonds is 5. The smallest absolute Gasteiger partial charge is 0.194 e. The molecule has 0 aliphatic carbocycles. The molecule has 0 radical (unpaired) electrons. The molecule has 25 heavy (non-hydrogen) atoms. The van der Waals surface area contributed by atoms with Crippen molar-refractivity contribution in [3.05, 3.63) is 95.9 Å². The summed E-state index contributed by atoms with van der Waals surface area (Å²) in [5.74, 6) is 0.752. The number of carbonyl (C=O) groups is 1. The number of ketones is 1. The molecular weight excluding hydrogens is 312 g/mol. The molecule has 4 heteroatoms. The molecule has 1 N–H and O–H groups in total. The van der Waals surface area contributed by atoms with Gasteiger partial charge in [-0.2, -0.15) is 0 Å². The summed E-state index contributed by atoms with van der Waals surface area (Å²) in [6, 6.07) is 19.0. The predicted octanol–water partition coefficient (Wildman–Crippen LogP) is 4.37. The zero-order chi connectivity index (χ0) is 17.1. The largest absolute Gasteiger partial charge is 0.489 e. The number of nitrogens with zero attached hydrogens (tertiary/aromatic N) is 1. The summed E-state index contributed by atoms with van der Waals surface area (Å²) in [7, 11) is 0. The van der Waals surface area contributed by atoms with Crippen LogP contribution in [0, 0.1) is 0 Å². The van der Waals surface area contributed by atoms with E-state index in [1.165, 1.54) is 0 Å². The van der Waals surface area contributed by atoms with E-state index < -0.39 is 0 Å². The van der Waals surface area contributed by atoms with Gasteiger partial charge in [0.2, 0.25) is 0 Å². The van der Waals surface area contributed by atoms with Crippen LogP contribution < -0.4 is 4.74 Å². The summed E-state index contributed by atoms with van der Waals surface area (Å²) in [4.78, 5) is 19.7. The SMILES string of the molecule is O=C(c1cccnc1)c1cccc(COc2ccc3cc[nH]c3c2)c1. The number of hydrogen-bond acceptors (Lipinski definition) is 3. The van der Waals surface area contributed by atoms with Gasteiger partial charge >= 0.3 is 0 Å². The number of fused-ring (bicyclic) bond motifs is 1. The van der Waals surface area contributed by atoms with Gasteiger partial charge in [0, 0.05) is 41.3 Å². The maximum atomic E-state index is 12.5. The van der Waals surface area contributed by atoms with Gasteiger partial charge < -0.3 is 9.72 Å². The lowest BCUT2D eigenvalue weighted by Crippen LogP contribution is -2.03. The minimum atomic E-state index is -0.0391. The second-order valence-corrected chi connectivity index (χ2v) is 5.79. The lowest BCUT2D eigenvalue weighted by Gasteiger charge is -2.08. The van der Waals surface area contributed by atoms with Crippen molar-refractivity contribution in [2.24, 2.45) is 0 Å². The molecule has 2 aromatic carbocycles. The Morgan fingerprint density at radius 3 is 2.80 bits per heavy atom. The van der Waals surface area contributed by atoms with E-state index in [0.717, 1.165) is 22.2 Å². The first-order valence-corrected chi connectivity index (χ1v) is 8.03. The predicted molar refractivity (Wildman–Crippen MR) is 96.7 cm³/mol. The molecule has 0 saturated carbocycles. The van der Waals surface area contributed by atoms with Gasteiger partial charge in [-0.1, -0.05) is 18.2 Å². The number of aromatic amines is 1. The fourth-order valence-electron chi connectivity index (χ4n) is 2.75. The average Bonchev–Trinajstić information content (AvgIpc) is 3.14. The van der Waals surface area contributed by atoms with Crippen LogP contribution in [0.3, 0.4) is 0 Å². The number of nitrogens with one attached hydrogen (secondary N) is 1. The topological polar surface area (TPSA) is 55.0 Å². The second-order valence-electron chi connectivity index (χ2n) is 5.79. The zero-order valence-corrected chi connectivity index (χ0v) is 13.5. The Kier molecular flexibility index (Phi) is 4.01. The van der Waals surface area contributed by atoms with Crippen LogP contribution in [0.4, 0.5) is 0 Å². The molecule has 0 bridgehead atoms. The number of ether oxygens (including phenoxy) is 1. The highest BCUT2D eigenvalue weighted by molar-refractivity contribution is 6.08. The van der Waals surface area contributed by atoms with Crippen LogP contribution in [0.1, 0.15) is 21.5 Å². The molecule has 0 atom stereocenters. The second kappa shape index (κ2) is 6.61.